The second kappa shape index (κ2) is 7.07. The van der Waals surface area contributed by atoms with Crippen LogP contribution in [0.5, 0.6) is 0 Å². The third-order valence-electron chi connectivity index (χ3n) is 2.51. The van der Waals surface area contributed by atoms with E-state index in [0.29, 0.717) is 0 Å². The molecule has 1 atom stereocenters. The Kier molecular flexibility index (Phi) is 5.45. The van der Waals surface area contributed by atoms with Crippen molar-refractivity contribution in [2.24, 2.45) is 0 Å². The van der Waals surface area contributed by atoms with Gasteiger partial charge in [0.1, 0.15) is 6.04 Å². The van der Waals surface area contributed by atoms with Crippen molar-refractivity contribution in [3.63, 3.8) is 0 Å². The lowest BCUT2D eigenvalue weighted by Gasteiger charge is -2.13. The number of rotatable bonds is 6. The van der Waals surface area contributed by atoms with Crippen molar-refractivity contribution >= 4 is 17.8 Å². The van der Waals surface area contributed by atoms with Crippen LogP contribution in [0.4, 0.5) is 0 Å². The summed E-state index contributed by atoms with van der Waals surface area (Å²) in [5.74, 6) is -2.54. The number of methoxy groups -OCH3 is 1. The van der Waals surface area contributed by atoms with E-state index < -0.39 is 29.4 Å². The average Bonchev–Trinajstić information content (AvgIpc) is 2.42. The van der Waals surface area contributed by atoms with E-state index >= 15 is 0 Å². The molecule has 8 heteroatoms. The first kappa shape index (κ1) is 15.4. The van der Waals surface area contributed by atoms with E-state index in [0.717, 1.165) is 6.07 Å². The zero-order valence-electron chi connectivity index (χ0n) is 10.7. The van der Waals surface area contributed by atoms with Gasteiger partial charge in [0.15, 0.2) is 0 Å². The molecule has 0 aliphatic rings. The largest absolute Gasteiger partial charge is 0.480 e. The van der Waals surface area contributed by atoms with Crippen molar-refractivity contribution in [3.8, 4) is 0 Å². The van der Waals surface area contributed by atoms with Crippen LogP contribution in [0.1, 0.15) is 23.2 Å². The Hall–Kier alpha value is -2.64. The van der Waals surface area contributed by atoms with Crippen molar-refractivity contribution in [3.05, 3.63) is 34.2 Å². The van der Waals surface area contributed by atoms with Gasteiger partial charge < -0.3 is 20.1 Å². The summed E-state index contributed by atoms with van der Waals surface area (Å²) in [6.07, 6.45) is 1.04. The van der Waals surface area contributed by atoms with Crippen LogP contribution in [-0.4, -0.2) is 41.1 Å². The van der Waals surface area contributed by atoms with Crippen LogP contribution in [0.2, 0.25) is 0 Å². The van der Waals surface area contributed by atoms with Crippen molar-refractivity contribution in [2.45, 2.75) is 18.9 Å². The van der Waals surface area contributed by atoms with Crippen molar-refractivity contribution in [1.82, 2.24) is 10.3 Å². The van der Waals surface area contributed by atoms with Gasteiger partial charge in [-0.2, -0.15) is 0 Å². The molecule has 1 heterocycles. The van der Waals surface area contributed by atoms with Crippen LogP contribution in [0, 0.1) is 0 Å². The number of hydrogen-bond acceptors (Lipinski definition) is 5. The molecule has 0 saturated carbocycles. The molecule has 0 saturated heterocycles. The molecule has 1 aromatic rings. The molecule has 1 aromatic heterocycles. The molecule has 20 heavy (non-hydrogen) atoms. The number of esters is 1. The van der Waals surface area contributed by atoms with E-state index in [4.69, 9.17) is 5.11 Å². The van der Waals surface area contributed by atoms with E-state index in [9.17, 15) is 19.2 Å². The van der Waals surface area contributed by atoms with Crippen LogP contribution in [0.25, 0.3) is 0 Å². The molecule has 0 aliphatic heterocycles. The number of pyridine rings is 1. The average molecular weight is 282 g/mol. The highest BCUT2D eigenvalue weighted by Crippen LogP contribution is 2.02. The van der Waals surface area contributed by atoms with Crippen molar-refractivity contribution in [1.29, 1.82) is 0 Å². The second-order valence-corrected chi connectivity index (χ2v) is 3.92. The Balaban J connectivity index is 2.70. The third-order valence-corrected chi connectivity index (χ3v) is 2.51. The van der Waals surface area contributed by atoms with Crippen LogP contribution in [0.15, 0.2) is 23.1 Å². The third kappa shape index (κ3) is 4.56. The first-order valence-corrected chi connectivity index (χ1v) is 5.73. The van der Waals surface area contributed by atoms with Gasteiger partial charge in [-0.1, -0.05) is 0 Å². The monoisotopic (exact) mass is 282 g/mol. The number of aromatic nitrogens is 1. The highest BCUT2D eigenvalue weighted by atomic mass is 16.5. The van der Waals surface area contributed by atoms with Crippen molar-refractivity contribution in [2.75, 3.05) is 7.11 Å². The van der Waals surface area contributed by atoms with Gasteiger partial charge in [-0.25, -0.2) is 4.79 Å². The number of nitrogens with one attached hydrogen (secondary N) is 2. The highest BCUT2D eigenvalue weighted by Gasteiger charge is 2.21. The maximum atomic E-state index is 11.8. The Labute approximate surface area is 113 Å². The smallest absolute Gasteiger partial charge is 0.326 e. The van der Waals surface area contributed by atoms with Gasteiger partial charge in [0.05, 0.1) is 7.11 Å². The summed E-state index contributed by atoms with van der Waals surface area (Å²) in [6, 6.07) is 1.16. The normalized spacial score (nSPS) is 11.4. The number of amides is 1. The van der Waals surface area contributed by atoms with Gasteiger partial charge in [-0.05, 0) is 12.5 Å². The predicted molar refractivity (Wildman–Crippen MR) is 67.2 cm³/mol. The van der Waals surface area contributed by atoms with E-state index in [1.165, 1.54) is 19.4 Å². The van der Waals surface area contributed by atoms with Gasteiger partial charge in [0.2, 0.25) is 5.56 Å². The molecular formula is C12H14N2O6. The van der Waals surface area contributed by atoms with E-state index in [2.05, 4.69) is 15.0 Å². The minimum Gasteiger partial charge on any atom is -0.480 e. The number of carboxylic acids is 1. The highest BCUT2D eigenvalue weighted by molar-refractivity contribution is 5.96. The number of carbonyl (C=O) groups is 3. The molecule has 1 amide bonds. The van der Waals surface area contributed by atoms with E-state index in [1.54, 1.807) is 0 Å². The summed E-state index contributed by atoms with van der Waals surface area (Å²) < 4.78 is 4.40. The fourth-order valence-corrected chi connectivity index (χ4v) is 1.45. The standard InChI is InChI=1S/C12H14N2O6/c1-20-10(16)3-2-8(12(18)19)14-11(17)7-4-5-13-9(15)6-7/h4-6,8H,2-3H2,1H3,(H,13,15)(H,14,17)(H,18,19)/t8-/m1/s1. The van der Waals surface area contributed by atoms with Crippen LogP contribution >= 0.6 is 0 Å². The Bertz CT molecular complexity index is 565. The first-order valence-electron chi connectivity index (χ1n) is 5.73. The fraction of sp³-hybridized carbons (Fsp3) is 0.333. The molecule has 0 bridgehead atoms. The van der Waals surface area contributed by atoms with Gasteiger partial charge in [0, 0.05) is 24.2 Å². The summed E-state index contributed by atoms with van der Waals surface area (Å²) in [4.78, 5) is 47.1. The molecule has 0 radical (unpaired) electrons. The molecule has 0 spiro atoms. The zero-order chi connectivity index (χ0) is 15.1. The van der Waals surface area contributed by atoms with Gasteiger partial charge in [0.25, 0.3) is 5.91 Å². The van der Waals surface area contributed by atoms with Gasteiger partial charge >= 0.3 is 11.9 Å². The van der Waals surface area contributed by atoms with Crippen LogP contribution in [-0.2, 0) is 14.3 Å². The maximum absolute atomic E-state index is 11.8. The van der Waals surface area contributed by atoms with Gasteiger partial charge in [-0.3, -0.25) is 14.4 Å². The molecule has 0 aliphatic carbocycles. The molecule has 0 unspecified atom stereocenters. The number of aromatic amines is 1. The fourth-order valence-electron chi connectivity index (χ4n) is 1.45. The zero-order valence-corrected chi connectivity index (χ0v) is 10.7. The lowest BCUT2D eigenvalue weighted by Crippen LogP contribution is -2.41. The van der Waals surface area contributed by atoms with Crippen molar-refractivity contribution < 1.29 is 24.2 Å². The van der Waals surface area contributed by atoms with Gasteiger partial charge in [-0.15, -0.1) is 0 Å². The number of ether oxygens (including phenoxy) is 1. The molecule has 108 valence electrons. The number of hydrogen-bond donors (Lipinski definition) is 3. The SMILES string of the molecule is COC(=O)CC[C@@H](NC(=O)c1cc[nH]c(=O)c1)C(=O)O. The topological polar surface area (TPSA) is 126 Å². The predicted octanol–water partition coefficient (Wildman–Crippen LogP) is -0.489. The summed E-state index contributed by atoms with van der Waals surface area (Å²) in [5.41, 5.74) is -0.433. The summed E-state index contributed by atoms with van der Waals surface area (Å²) >= 11 is 0. The lowest BCUT2D eigenvalue weighted by atomic mass is 10.1. The molecule has 0 aromatic carbocycles. The molecule has 8 nitrogen and oxygen atoms in total. The molecular weight excluding hydrogens is 268 g/mol. The minimum absolute atomic E-state index is 0.0399. The summed E-state index contributed by atoms with van der Waals surface area (Å²) in [5, 5.41) is 11.2. The Morgan fingerprint density at radius 1 is 1.45 bits per heavy atom. The number of H-pyrrole nitrogens is 1. The minimum atomic E-state index is -1.27. The lowest BCUT2D eigenvalue weighted by molar-refractivity contribution is -0.142. The quantitative estimate of drug-likeness (QED) is 0.604. The summed E-state index contributed by atoms with van der Waals surface area (Å²) in [7, 11) is 1.19. The van der Waals surface area contributed by atoms with Crippen LogP contribution < -0.4 is 10.9 Å². The summed E-state index contributed by atoms with van der Waals surface area (Å²) in [6.45, 7) is 0. The Morgan fingerprint density at radius 2 is 2.15 bits per heavy atom. The van der Waals surface area contributed by atoms with E-state index in [1.807, 2.05) is 0 Å². The molecule has 0 fully saturated rings. The molecule has 1 rings (SSSR count). The molecule has 3 N–H and O–H groups in total. The van der Waals surface area contributed by atoms with E-state index in [-0.39, 0.29) is 18.4 Å². The Morgan fingerprint density at radius 3 is 2.70 bits per heavy atom. The first-order chi connectivity index (χ1) is 9.43. The number of carboxylic acid groups (broad SMARTS) is 1. The number of aliphatic carboxylic acids is 1. The number of carbonyl (C=O) groups excluding carboxylic acids is 2. The second-order valence-electron chi connectivity index (χ2n) is 3.92. The maximum Gasteiger partial charge on any atom is 0.326 e. The van der Waals surface area contributed by atoms with Crippen LogP contribution in [0.3, 0.4) is 0 Å².